The number of carbonyl (C=O) groups is 1. The van der Waals surface area contributed by atoms with Crippen molar-refractivity contribution in [3.63, 3.8) is 0 Å². The smallest absolute Gasteiger partial charge is 0.339 e. The van der Waals surface area contributed by atoms with Crippen LogP contribution in [0.3, 0.4) is 0 Å². The average Bonchev–Trinajstić information content (AvgIpc) is 2.75. The van der Waals surface area contributed by atoms with E-state index in [0.29, 0.717) is 5.82 Å². The van der Waals surface area contributed by atoms with Crippen LogP contribution in [0, 0.1) is 5.82 Å². The van der Waals surface area contributed by atoms with Crippen molar-refractivity contribution < 1.29 is 13.9 Å². The molecule has 0 radical (unpaired) electrons. The maximum Gasteiger partial charge on any atom is 0.339 e. The van der Waals surface area contributed by atoms with Gasteiger partial charge in [0.1, 0.15) is 18.2 Å². The van der Waals surface area contributed by atoms with Crippen LogP contribution in [0.1, 0.15) is 16.2 Å². The van der Waals surface area contributed by atoms with Crippen molar-refractivity contribution in [3.05, 3.63) is 52.3 Å². The minimum Gasteiger partial charge on any atom is -0.454 e. The van der Waals surface area contributed by atoms with Gasteiger partial charge in [-0.1, -0.05) is 6.07 Å². The molecule has 0 saturated carbocycles. The zero-order valence-electron chi connectivity index (χ0n) is 9.56. The Bertz CT molecular complexity index is 583. The Labute approximate surface area is 112 Å². The first-order valence-corrected chi connectivity index (χ1v) is 5.96. The van der Waals surface area contributed by atoms with Crippen LogP contribution in [0.5, 0.6) is 0 Å². The zero-order valence-corrected chi connectivity index (χ0v) is 11.1. The Morgan fingerprint density at radius 1 is 1.56 bits per heavy atom. The van der Waals surface area contributed by atoms with E-state index in [9.17, 15) is 9.18 Å². The number of hydrogen-bond acceptors (Lipinski definition) is 3. The average molecular weight is 313 g/mol. The second-order valence-electron chi connectivity index (χ2n) is 3.63. The molecule has 0 bridgehead atoms. The minimum atomic E-state index is -0.593. The second kappa shape index (κ2) is 5.30. The topological polar surface area (TPSA) is 44.1 Å². The molecule has 2 aromatic rings. The quantitative estimate of drug-likeness (QED) is 0.818. The van der Waals surface area contributed by atoms with Gasteiger partial charge in [0.25, 0.3) is 0 Å². The molecule has 1 heterocycles. The summed E-state index contributed by atoms with van der Waals surface area (Å²) in [5.41, 5.74) is 0.157. The molecule has 2 rings (SSSR count). The maximum absolute atomic E-state index is 13.2. The van der Waals surface area contributed by atoms with Crippen LogP contribution in [-0.4, -0.2) is 15.5 Å². The van der Waals surface area contributed by atoms with Crippen molar-refractivity contribution in [2.24, 2.45) is 7.05 Å². The van der Waals surface area contributed by atoms with Gasteiger partial charge in [0, 0.05) is 19.4 Å². The minimum absolute atomic E-state index is 0.0469. The maximum atomic E-state index is 13.2. The lowest BCUT2D eigenvalue weighted by atomic mass is 10.2. The highest BCUT2D eigenvalue weighted by atomic mass is 79.9. The van der Waals surface area contributed by atoms with Crippen LogP contribution >= 0.6 is 15.9 Å². The van der Waals surface area contributed by atoms with E-state index in [1.807, 2.05) is 0 Å². The largest absolute Gasteiger partial charge is 0.454 e. The highest BCUT2D eigenvalue weighted by Crippen LogP contribution is 2.21. The summed E-state index contributed by atoms with van der Waals surface area (Å²) in [5.74, 6) is -0.471. The Kier molecular flexibility index (Phi) is 3.76. The lowest BCUT2D eigenvalue weighted by Gasteiger charge is -2.06. The van der Waals surface area contributed by atoms with Gasteiger partial charge < -0.3 is 9.30 Å². The molecule has 0 N–H and O–H groups in total. The first-order chi connectivity index (χ1) is 8.59. The molecular formula is C12H10BrFN2O2. The van der Waals surface area contributed by atoms with Crippen LogP contribution in [-0.2, 0) is 18.4 Å². The number of esters is 1. The number of nitrogens with zero attached hydrogens (tertiary/aromatic N) is 2. The van der Waals surface area contributed by atoms with Crippen molar-refractivity contribution in [1.82, 2.24) is 9.55 Å². The fourth-order valence-corrected chi connectivity index (χ4v) is 1.83. The molecule has 0 aliphatic heterocycles. The normalized spacial score (nSPS) is 10.4. The van der Waals surface area contributed by atoms with E-state index in [0.717, 1.165) is 0 Å². The van der Waals surface area contributed by atoms with Gasteiger partial charge >= 0.3 is 5.97 Å². The molecule has 0 amide bonds. The van der Waals surface area contributed by atoms with E-state index in [1.165, 1.54) is 18.2 Å². The van der Waals surface area contributed by atoms with Crippen LogP contribution in [0.25, 0.3) is 0 Å². The lowest BCUT2D eigenvalue weighted by molar-refractivity contribution is 0.0457. The summed E-state index contributed by atoms with van der Waals surface area (Å²) >= 11 is 3.02. The van der Waals surface area contributed by atoms with Gasteiger partial charge in [0.05, 0.1) is 10.0 Å². The monoisotopic (exact) mass is 312 g/mol. The Hall–Kier alpha value is -1.69. The molecule has 1 aromatic heterocycles. The molecule has 6 heteroatoms. The van der Waals surface area contributed by atoms with Crippen LogP contribution in [0.15, 0.2) is 35.1 Å². The molecular weight excluding hydrogens is 303 g/mol. The van der Waals surface area contributed by atoms with Gasteiger partial charge in [-0.15, -0.1) is 0 Å². The van der Waals surface area contributed by atoms with E-state index in [1.54, 1.807) is 24.0 Å². The van der Waals surface area contributed by atoms with E-state index in [4.69, 9.17) is 4.74 Å². The predicted octanol–water partition coefficient (Wildman–Crippen LogP) is 2.68. The van der Waals surface area contributed by atoms with Crippen LogP contribution in [0.4, 0.5) is 4.39 Å². The Morgan fingerprint density at radius 3 is 3.00 bits per heavy atom. The molecule has 0 aliphatic carbocycles. The van der Waals surface area contributed by atoms with Crippen LogP contribution in [0.2, 0.25) is 0 Å². The van der Waals surface area contributed by atoms with E-state index < -0.39 is 11.8 Å². The highest BCUT2D eigenvalue weighted by molar-refractivity contribution is 9.10. The van der Waals surface area contributed by atoms with Gasteiger partial charge in [-0.25, -0.2) is 14.2 Å². The van der Waals surface area contributed by atoms with Gasteiger partial charge in [0.15, 0.2) is 0 Å². The lowest BCUT2D eigenvalue weighted by Crippen LogP contribution is -2.09. The van der Waals surface area contributed by atoms with Crippen LogP contribution < -0.4 is 0 Å². The number of rotatable bonds is 3. The van der Waals surface area contributed by atoms with E-state index >= 15 is 0 Å². The molecule has 1 aromatic carbocycles. The van der Waals surface area contributed by atoms with Crippen molar-refractivity contribution >= 4 is 21.9 Å². The summed E-state index contributed by atoms with van der Waals surface area (Å²) in [4.78, 5) is 15.8. The third-order valence-electron chi connectivity index (χ3n) is 2.42. The van der Waals surface area contributed by atoms with Crippen molar-refractivity contribution in [1.29, 1.82) is 0 Å². The summed E-state index contributed by atoms with van der Waals surface area (Å²) in [6.07, 6.45) is 3.36. The third-order valence-corrected chi connectivity index (χ3v) is 3.23. The van der Waals surface area contributed by atoms with E-state index in [-0.39, 0.29) is 16.6 Å². The van der Waals surface area contributed by atoms with Gasteiger partial charge in [-0.3, -0.25) is 0 Å². The summed E-state index contributed by atoms with van der Waals surface area (Å²) in [5, 5.41) is 0. The number of aromatic nitrogens is 2. The molecule has 0 spiro atoms. The molecule has 18 heavy (non-hydrogen) atoms. The molecule has 0 saturated heterocycles. The number of aryl methyl sites for hydroxylation is 1. The fraction of sp³-hybridized carbons (Fsp3) is 0.167. The molecule has 94 valence electrons. The Balaban J connectivity index is 2.09. The first-order valence-electron chi connectivity index (χ1n) is 5.17. The molecule has 0 unspecified atom stereocenters. The first kappa shape index (κ1) is 12.8. The van der Waals surface area contributed by atoms with Gasteiger partial charge in [-0.05, 0) is 28.1 Å². The Morgan fingerprint density at radius 2 is 2.33 bits per heavy atom. The van der Waals surface area contributed by atoms with Crippen molar-refractivity contribution in [2.75, 3.05) is 0 Å². The van der Waals surface area contributed by atoms with Crippen molar-refractivity contribution in [2.45, 2.75) is 6.61 Å². The molecule has 4 nitrogen and oxygen atoms in total. The summed E-state index contributed by atoms with van der Waals surface area (Å²) in [6.45, 7) is 0.0469. The zero-order chi connectivity index (χ0) is 13.1. The number of hydrogen-bond donors (Lipinski definition) is 0. The standard InChI is InChI=1S/C12H10BrFN2O2/c1-16-6-5-15-10(16)7-18-12(17)8-3-2-4-9(14)11(8)13/h2-6H,7H2,1H3. The third kappa shape index (κ3) is 2.59. The highest BCUT2D eigenvalue weighted by Gasteiger charge is 2.15. The number of imidazole rings is 1. The predicted molar refractivity (Wildman–Crippen MR) is 66.4 cm³/mol. The number of benzene rings is 1. The van der Waals surface area contributed by atoms with E-state index in [2.05, 4.69) is 20.9 Å². The summed E-state index contributed by atoms with van der Waals surface area (Å²) < 4.78 is 20.2. The number of carbonyl (C=O) groups excluding carboxylic acids is 1. The summed E-state index contributed by atoms with van der Waals surface area (Å²) in [7, 11) is 1.80. The van der Waals surface area contributed by atoms with Gasteiger partial charge in [0.2, 0.25) is 0 Å². The summed E-state index contributed by atoms with van der Waals surface area (Å²) in [6, 6.07) is 4.21. The number of halogens is 2. The van der Waals surface area contributed by atoms with Gasteiger partial charge in [-0.2, -0.15) is 0 Å². The second-order valence-corrected chi connectivity index (χ2v) is 4.42. The number of ether oxygens (including phenoxy) is 1. The van der Waals surface area contributed by atoms with Crippen molar-refractivity contribution in [3.8, 4) is 0 Å². The fourth-order valence-electron chi connectivity index (χ4n) is 1.40. The molecule has 0 atom stereocenters. The SMILES string of the molecule is Cn1ccnc1COC(=O)c1cccc(F)c1Br. The molecule has 0 fully saturated rings. The molecule has 0 aliphatic rings.